The number of halogens is 1. The van der Waals surface area contributed by atoms with Gasteiger partial charge in [0.2, 0.25) is 5.91 Å². The topological polar surface area (TPSA) is 63.2 Å². The van der Waals surface area contributed by atoms with Gasteiger partial charge in [-0.15, -0.1) is 24.0 Å². The average molecular weight is 557 g/mol. The molecule has 7 nitrogen and oxygen atoms in total. The van der Waals surface area contributed by atoms with Crippen molar-refractivity contribution in [2.24, 2.45) is 4.99 Å². The normalized spacial score (nSPS) is 22.5. The van der Waals surface area contributed by atoms with Crippen LogP contribution in [0.3, 0.4) is 0 Å². The third-order valence-electron chi connectivity index (χ3n) is 6.28. The van der Waals surface area contributed by atoms with Crippen LogP contribution in [-0.4, -0.2) is 92.0 Å². The first kappa shape index (κ1) is 26.9. The maximum atomic E-state index is 11.9. The van der Waals surface area contributed by atoms with Gasteiger partial charge < -0.3 is 20.4 Å². The summed E-state index contributed by atoms with van der Waals surface area (Å²) in [4.78, 5) is 23.7. The fourth-order valence-corrected chi connectivity index (χ4v) is 4.52. The largest absolute Gasteiger partial charge is 0.357 e. The number of amides is 1. The molecule has 2 unspecified atom stereocenters. The molecule has 8 heteroatoms. The second-order valence-corrected chi connectivity index (χ2v) is 8.66. The molecule has 0 aromatic heterocycles. The summed E-state index contributed by atoms with van der Waals surface area (Å²) >= 11 is 0. The number of nitrogens with one attached hydrogen (secondary N) is 2. The zero-order valence-electron chi connectivity index (χ0n) is 19.9. The molecule has 180 valence electrons. The number of benzene rings is 1. The molecule has 2 aliphatic heterocycles. The lowest BCUT2D eigenvalue weighted by Gasteiger charge is -2.40. The first-order valence-electron chi connectivity index (χ1n) is 11.9. The number of guanidine groups is 1. The van der Waals surface area contributed by atoms with Crippen molar-refractivity contribution in [2.75, 3.05) is 59.4 Å². The molecule has 2 aliphatic rings. The summed E-state index contributed by atoms with van der Waals surface area (Å²) in [5, 5.41) is 6.89. The van der Waals surface area contributed by atoms with Gasteiger partial charge in [0, 0.05) is 70.9 Å². The van der Waals surface area contributed by atoms with Gasteiger partial charge in [-0.2, -0.15) is 0 Å². The average Bonchev–Trinajstić information content (AvgIpc) is 3.26. The molecular weight excluding hydrogens is 515 g/mol. The number of likely N-dealkylation sites (tertiary alicyclic amines) is 1. The predicted molar refractivity (Wildman–Crippen MR) is 143 cm³/mol. The molecule has 2 heterocycles. The second kappa shape index (κ2) is 14.0. The smallest absolute Gasteiger partial charge is 0.222 e. The lowest BCUT2D eigenvalue weighted by molar-refractivity contribution is -0.129. The summed E-state index contributed by atoms with van der Waals surface area (Å²) in [5.41, 5.74) is 1.40. The molecule has 0 spiro atoms. The minimum Gasteiger partial charge on any atom is -0.357 e. The summed E-state index contributed by atoms with van der Waals surface area (Å²) < 4.78 is 0. The third-order valence-corrected chi connectivity index (χ3v) is 6.28. The maximum Gasteiger partial charge on any atom is 0.222 e. The highest BCUT2D eigenvalue weighted by Gasteiger charge is 2.27. The quantitative estimate of drug-likeness (QED) is 0.223. The van der Waals surface area contributed by atoms with Gasteiger partial charge in [0.25, 0.3) is 0 Å². The first-order chi connectivity index (χ1) is 15.1. The van der Waals surface area contributed by atoms with E-state index in [1.165, 1.54) is 5.56 Å². The highest BCUT2D eigenvalue weighted by molar-refractivity contribution is 14.0. The zero-order valence-corrected chi connectivity index (χ0v) is 22.3. The second-order valence-electron chi connectivity index (χ2n) is 8.66. The van der Waals surface area contributed by atoms with Gasteiger partial charge in [0.1, 0.15) is 0 Å². The molecule has 2 saturated heterocycles. The fourth-order valence-electron chi connectivity index (χ4n) is 4.52. The van der Waals surface area contributed by atoms with Gasteiger partial charge in [-0.3, -0.25) is 14.7 Å². The third kappa shape index (κ3) is 7.88. The van der Waals surface area contributed by atoms with Crippen LogP contribution < -0.4 is 10.6 Å². The number of likely N-dealkylation sites (N-methyl/N-ethyl adjacent to an activating group) is 1. The summed E-state index contributed by atoms with van der Waals surface area (Å²) in [5.74, 6) is 1.11. The predicted octanol–water partition coefficient (Wildman–Crippen LogP) is 2.55. The van der Waals surface area contributed by atoms with Crippen molar-refractivity contribution in [2.45, 2.75) is 45.2 Å². The van der Waals surface area contributed by atoms with Gasteiger partial charge in [-0.05, 0) is 32.4 Å². The lowest BCUT2D eigenvalue weighted by Crippen LogP contribution is -2.47. The van der Waals surface area contributed by atoms with Crippen LogP contribution in [0, 0.1) is 0 Å². The number of rotatable bonds is 8. The molecule has 0 aliphatic carbocycles. The van der Waals surface area contributed by atoms with Gasteiger partial charge in [0.15, 0.2) is 5.96 Å². The van der Waals surface area contributed by atoms with Crippen molar-refractivity contribution >= 4 is 35.8 Å². The van der Waals surface area contributed by atoms with Crippen LogP contribution in [-0.2, 0) is 4.79 Å². The standard InChI is InChI=1S/C24H40N6O.HI/c1-4-23(31)30-15-12-21(18-30)27-24(25-5-2)26-13-9-14-29-17-16-28(3)19-22(29)20-10-7-6-8-11-20;/h6-8,10-11,21-22H,4-5,9,12-19H2,1-3H3,(H2,25,26,27);1H. The van der Waals surface area contributed by atoms with Crippen molar-refractivity contribution < 1.29 is 4.79 Å². The Morgan fingerprint density at radius 1 is 1.12 bits per heavy atom. The van der Waals surface area contributed by atoms with Gasteiger partial charge in [0.05, 0.1) is 0 Å². The minimum absolute atomic E-state index is 0. The van der Waals surface area contributed by atoms with Crippen LogP contribution in [0.4, 0.5) is 0 Å². The number of hydrogen-bond donors (Lipinski definition) is 2. The maximum absolute atomic E-state index is 11.9. The summed E-state index contributed by atoms with van der Waals surface area (Å²) in [6.45, 7) is 11.6. The number of piperazine rings is 1. The van der Waals surface area contributed by atoms with E-state index in [1.807, 2.05) is 11.8 Å². The molecule has 32 heavy (non-hydrogen) atoms. The number of hydrogen-bond acceptors (Lipinski definition) is 4. The lowest BCUT2D eigenvalue weighted by atomic mass is 10.0. The molecule has 1 amide bonds. The zero-order chi connectivity index (χ0) is 22.1. The summed E-state index contributed by atoms with van der Waals surface area (Å²) in [7, 11) is 2.21. The Morgan fingerprint density at radius 2 is 1.91 bits per heavy atom. The van der Waals surface area contributed by atoms with Gasteiger partial charge in [-0.25, -0.2) is 0 Å². The Morgan fingerprint density at radius 3 is 2.62 bits per heavy atom. The Hall–Kier alpha value is -1.39. The number of aliphatic imine (C=N–C) groups is 1. The number of carbonyl (C=O) groups is 1. The van der Waals surface area contributed by atoms with E-state index in [0.717, 1.165) is 71.2 Å². The van der Waals surface area contributed by atoms with E-state index < -0.39 is 0 Å². The number of nitrogens with zero attached hydrogens (tertiary/aromatic N) is 4. The highest BCUT2D eigenvalue weighted by Crippen LogP contribution is 2.24. The molecule has 2 N–H and O–H groups in total. The molecule has 0 radical (unpaired) electrons. The van der Waals surface area contributed by atoms with E-state index in [0.29, 0.717) is 12.5 Å². The molecule has 0 bridgehead atoms. The SMILES string of the molecule is CCNC(=NCCCN1CCN(C)CC1c1ccccc1)NC1CCN(C(=O)CC)C1.I. The Balaban J connectivity index is 0.00000363. The molecule has 2 fully saturated rings. The summed E-state index contributed by atoms with van der Waals surface area (Å²) in [6.07, 6.45) is 2.60. The number of carbonyl (C=O) groups excluding carboxylic acids is 1. The van der Waals surface area contributed by atoms with Crippen LogP contribution >= 0.6 is 24.0 Å². The Bertz CT molecular complexity index is 716. The van der Waals surface area contributed by atoms with Crippen LogP contribution in [0.1, 0.15) is 44.7 Å². The molecule has 1 aromatic rings. The van der Waals surface area contributed by atoms with E-state index in [4.69, 9.17) is 4.99 Å². The van der Waals surface area contributed by atoms with Gasteiger partial charge >= 0.3 is 0 Å². The summed E-state index contributed by atoms with van der Waals surface area (Å²) in [6, 6.07) is 11.6. The first-order valence-corrected chi connectivity index (χ1v) is 11.9. The minimum atomic E-state index is 0. The highest BCUT2D eigenvalue weighted by atomic mass is 127. The van der Waals surface area contributed by atoms with E-state index in [9.17, 15) is 4.79 Å². The van der Waals surface area contributed by atoms with Crippen LogP contribution in [0.15, 0.2) is 35.3 Å². The molecule has 1 aromatic carbocycles. The van der Waals surface area contributed by atoms with Crippen molar-refractivity contribution in [1.29, 1.82) is 0 Å². The van der Waals surface area contributed by atoms with Crippen LogP contribution in [0.25, 0.3) is 0 Å². The molecule has 3 rings (SSSR count). The van der Waals surface area contributed by atoms with Crippen molar-refractivity contribution in [1.82, 2.24) is 25.3 Å². The molecule has 0 saturated carbocycles. The van der Waals surface area contributed by atoms with Gasteiger partial charge in [-0.1, -0.05) is 37.3 Å². The van der Waals surface area contributed by atoms with E-state index >= 15 is 0 Å². The van der Waals surface area contributed by atoms with Crippen molar-refractivity contribution in [3.63, 3.8) is 0 Å². The molecule has 2 atom stereocenters. The van der Waals surface area contributed by atoms with E-state index in [2.05, 4.69) is 64.7 Å². The Kier molecular flexibility index (Phi) is 11.7. The fraction of sp³-hybridized carbons (Fsp3) is 0.667. The van der Waals surface area contributed by atoms with E-state index in [1.54, 1.807) is 0 Å². The van der Waals surface area contributed by atoms with Crippen LogP contribution in [0.2, 0.25) is 0 Å². The van der Waals surface area contributed by atoms with Crippen molar-refractivity contribution in [3.8, 4) is 0 Å². The monoisotopic (exact) mass is 556 g/mol. The Labute approximate surface area is 211 Å². The van der Waals surface area contributed by atoms with Crippen LogP contribution in [0.5, 0.6) is 0 Å². The van der Waals surface area contributed by atoms with Crippen molar-refractivity contribution in [3.05, 3.63) is 35.9 Å². The molecular formula is C24H41IN6O. The van der Waals surface area contributed by atoms with E-state index in [-0.39, 0.29) is 35.9 Å².